The molecule has 0 aromatic carbocycles. The van der Waals surface area contributed by atoms with Gasteiger partial charge in [-0.1, -0.05) is 12.8 Å². The number of carbonyl (C=O) groups excluding carboxylic acids is 1. The van der Waals surface area contributed by atoms with Crippen molar-refractivity contribution < 1.29 is 9.90 Å². The zero-order chi connectivity index (χ0) is 18.6. The van der Waals surface area contributed by atoms with Gasteiger partial charge in [0.15, 0.2) is 11.4 Å². The van der Waals surface area contributed by atoms with E-state index in [2.05, 4.69) is 11.9 Å². The van der Waals surface area contributed by atoms with Crippen molar-refractivity contribution >= 4 is 17.5 Å². The number of amides is 1. The van der Waals surface area contributed by atoms with Gasteiger partial charge < -0.3 is 10.0 Å². The Balaban J connectivity index is 1.89. The van der Waals surface area contributed by atoms with Crippen LogP contribution >= 0.6 is 11.6 Å². The van der Waals surface area contributed by atoms with Crippen LogP contribution in [0.5, 0.6) is 5.75 Å². The van der Waals surface area contributed by atoms with Crippen molar-refractivity contribution in [1.29, 1.82) is 0 Å². The second kappa shape index (κ2) is 6.19. The normalized spacial score (nSPS) is 34.4. The van der Waals surface area contributed by atoms with Crippen molar-refractivity contribution in [3.63, 3.8) is 0 Å². The molecule has 4 atom stereocenters. The van der Waals surface area contributed by atoms with Crippen LogP contribution in [0.3, 0.4) is 0 Å². The summed E-state index contributed by atoms with van der Waals surface area (Å²) in [4.78, 5) is 26.5. The number of pyridine rings is 1. The average Bonchev–Trinajstić information content (AvgIpc) is 2.62. The smallest absolute Gasteiger partial charge is 0.277 e. The van der Waals surface area contributed by atoms with Gasteiger partial charge in [-0.25, -0.2) is 0 Å². The summed E-state index contributed by atoms with van der Waals surface area (Å²) < 4.78 is 1.72. The number of halogens is 1. The molecule has 1 aromatic rings. The van der Waals surface area contributed by atoms with Crippen molar-refractivity contribution in [3.8, 4) is 5.75 Å². The molecule has 3 aliphatic rings. The van der Waals surface area contributed by atoms with Crippen LogP contribution in [0.2, 0.25) is 0 Å². The van der Waals surface area contributed by atoms with Gasteiger partial charge in [0, 0.05) is 24.7 Å². The number of hydrogen-bond donors (Lipinski definition) is 1. The number of aromatic nitrogens is 1. The molecule has 26 heavy (non-hydrogen) atoms. The Labute approximate surface area is 158 Å². The molecule has 4 unspecified atom stereocenters. The molecule has 2 aliphatic heterocycles. The molecule has 0 spiro atoms. The number of fused-ring (bicyclic) bond motifs is 3. The fourth-order valence-corrected chi connectivity index (χ4v) is 5.86. The van der Waals surface area contributed by atoms with Gasteiger partial charge in [-0.2, -0.15) is 0 Å². The van der Waals surface area contributed by atoms with E-state index < -0.39 is 11.2 Å². The fourth-order valence-electron chi connectivity index (χ4n) is 5.31. The molecule has 7 heteroatoms. The second-order valence-corrected chi connectivity index (χ2v) is 8.68. The average molecular weight is 380 g/mol. The summed E-state index contributed by atoms with van der Waals surface area (Å²) in [5.74, 6) is -0.477. The largest absolute Gasteiger partial charge is 0.502 e. The van der Waals surface area contributed by atoms with Crippen molar-refractivity contribution in [2.45, 2.75) is 69.0 Å². The van der Waals surface area contributed by atoms with Gasteiger partial charge >= 0.3 is 0 Å². The molecule has 0 bridgehead atoms. The minimum absolute atomic E-state index is 0.0614. The SMILES string of the molecule is CN1C(=O)c2c(O)c(=O)ccn2N2C1CCCC2(C)C1CCCCC1Cl. The number of rotatable bonds is 1. The van der Waals surface area contributed by atoms with Gasteiger partial charge in [-0.05, 0) is 44.9 Å². The standard InChI is InChI=1S/C19H26ClN3O3/c1-19(12-6-3-4-7-13(12)20)10-5-8-15-21(2)18(26)16-17(25)14(24)9-11-22(16)23(15)19/h9,11-13,15,25H,3-8,10H2,1-2H3. The van der Waals surface area contributed by atoms with Gasteiger partial charge in [0.25, 0.3) is 5.91 Å². The number of carbonyl (C=O) groups is 1. The Morgan fingerprint density at radius 2 is 1.92 bits per heavy atom. The predicted molar refractivity (Wildman–Crippen MR) is 100 cm³/mol. The first-order chi connectivity index (χ1) is 12.4. The van der Waals surface area contributed by atoms with Crippen LogP contribution in [0.4, 0.5) is 0 Å². The van der Waals surface area contributed by atoms with E-state index in [0.29, 0.717) is 5.92 Å². The summed E-state index contributed by atoms with van der Waals surface area (Å²) >= 11 is 6.77. The number of alkyl halides is 1. The van der Waals surface area contributed by atoms with Crippen molar-refractivity contribution in [3.05, 3.63) is 28.2 Å². The Bertz CT molecular complexity index is 795. The van der Waals surface area contributed by atoms with Crippen LogP contribution in [0.1, 0.15) is 62.4 Å². The molecule has 0 radical (unpaired) electrons. The summed E-state index contributed by atoms with van der Waals surface area (Å²) in [6, 6.07) is 1.34. The third-order valence-corrected chi connectivity index (χ3v) is 7.21. The van der Waals surface area contributed by atoms with Crippen molar-refractivity contribution in [2.24, 2.45) is 5.92 Å². The molecule has 6 nitrogen and oxygen atoms in total. The van der Waals surface area contributed by atoms with E-state index in [1.54, 1.807) is 22.8 Å². The molecule has 3 heterocycles. The van der Waals surface area contributed by atoms with E-state index in [9.17, 15) is 14.7 Å². The summed E-state index contributed by atoms with van der Waals surface area (Å²) in [7, 11) is 1.76. The molecule has 1 N–H and O–H groups in total. The van der Waals surface area contributed by atoms with E-state index >= 15 is 0 Å². The van der Waals surface area contributed by atoms with Crippen LogP contribution in [0.25, 0.3) is 0 Å². The van der Waals surface area contributed by atoms with Gasteiger partial charge in [-0.15, -0.1) is 11.6 Å². The summed E-state index contributed by atoms with van der Waals surface area (Å²) in [5.41, 5.74) is -0.699. The van der Waals surface area contributed by atoms with Gasteiger partial charge in [0.1, 0.15) is 6.17 Å². The van der Waals surface area contributed by atoms with E-state index in [1.165, 1.54) is 12.5 Å². The van der Waals surface area contributed by atoms with Crippen LogP contribution < -0.4 is 10.4 Å². The predicted octanol–water partition coefficient (Wildman–Crippen LogP) is 2.64. The maximum absolute atomic E-state index is 12.8. The highest BCUT2D eigenvalue weighted by atomic mass is 35.5. The van der Waals surface area contributed by atoms with Crippen LogP contribution in [0, 0.1) is 5.92 Å². The van der Waals surface area contributed by atoms with Crippen molar-refractivity contribution in [2.75, 3.05) is 12.1 Å². The molecule has 1 aliphatic carbocycles. The third kappa shape index (κ3) is 2.38. The number of nitrogens with zero attached hydrogens (tertiary/aromatic N) is 3. The van der Waals surface area contributed by atoms with Gasteiger partial charge in [0.05, 0.1) is 5.54 Å². The Morgan fingerprint density at radius 1 is 1.19 bits per heavy atom. The minimum atomic E-state index is -0.525. The van der Waals surface area contributed by atoms with Gasteiger partial charge in [0.2, 0.25) is 5.43 Å². The molecule has 2 fully saturated rings. The monoisotopic (exact) mass is 379 g/mol. The fraction of sp³-hybridized carbons (Fsp3) is 0.684. The number of hydrogen-bond acceptors (Lipinski definition) is 4. The molecule has 1 saturated carbocycles. The summed E-state index contributed by atoms with van der Waals surface area (Å²) in [5, 5.41) is 12.6. The molecule has 4 rings (SSSR count). The highest BCUT2D eigenvalue weighted by molar-refractivity contribution is 6.20. The highest BCUT2D eigenvalue weighted by Gasteiger charge is 2.52. The lowest BCUT2D eigenvalue weighted by Gasteiger charge is -2.60. The van der Waals surface area contributed by atoms with E-state index in [4.69, 9.17) is 11.6 Å². The molecule has 142 valence electrons. The molecule has 1 amide bonds. The zero-order valence-corrected chi connectivity index (χ0v) is 16.1. The summed E-state index contributed by atoms with van der Waals surface area (Å²) in [6.45, 7) is 2.23. The van der Waals surface area contributed by atoms with Crippen LogP contribution in [-0.4, -0.2) is 44.7 Å². The zero-order valence-electron chi connectivity index (χ0n) is 15.3. The first-order valence-corrected chi connectivity index (χ1v) is 9.95. The molecule has 1 aromatic heterocycles. The van der Waals surface area contributed by atoms with Crippen LogP contribution in [-0.2, 0) is 0 Å². The topological polar surface area (TPSA) is 65.8 Å². The number of aromatic hydroxyl groups is 1. The number of piperidine rings is 1. The first kappa shape index (κ1) is 17.7. The molecule has 1 saturated heterocycles. The van der Waals surface area contributed by atoms with E-state index in [0.717, 1.165) is 38.5 Å². The second-order valence-electron chi connectivity index (χ2n) is 8.12. The first-order valence-electron chi connectivity index (χ1n) is 9.52. The highest BCUT2D eigenvalue weighted by Crippen LogP contribution is 2.46. The third-order valence-electron chi connectivity index (χ3n) is 6.69. The minimum Gasteiger partial charge on any atom is -0.502 e. The lowest BCUT2D eigenvalue weighted by Crippen LogP contribution is -2.72. The maximum atomic E-state index is 12.8. The summed E-state index contributed by atoms with van der Waals surface area (Å²) in [6.07, 6.45) is 8.80. The maximum Gasteiger partial charge on any atom is 0.277 e. The quantitative estimate of drug-likeness (QED) is 0.762. The van der Waals surface area contributed by atoms with E-state index in [1.807, 2.05) is 0 Å². The van der Waals surface area contributed by atoms with Gasteiger partial charge in [-0.3, -0.25) is 19.3 Å². The Hall–Kier alpha value is -1.69. The Kier molecular flexibility index (Phi) is 4.21. The van der Waals surface area contributed by atoms with Crippen LogP contribution in [0.15, 0.2) is 17.1 Å². The molecular weight excluding hydrogens is 354 g/mol. The molecular formula is C19H26ClN3O3. The Morgan fingerprint density at radius 3 is 2.65 bits per heavy atom. The van der Waals surface area contributed by atoms with Crippen molar-refractivity contribution in [1.82, 2.24) is 9.58 Å². The lowest BCUT2D eigenvalue weighted by molar-refractivity contribution is 0.0339. The lowest BCUT2D eigenvalue weighted by atomic mass is 9.70. The van der Waals surface area contributed by atoms with E-state index in [-0.39, 0.29) is 28.7 Å².